The van der Waals surface area contributed by atoms with Crippen molar-refractivity contribution in [3.05, 3.63) is 47.7 Å². The average molecular weight is 507 g/mol. The number of aliphatic hydroxyl groups excluding tert-OH is 1. The number of pyridine rings is 1. The number of likely N-dealkylation sites (tertiary alicyclic amines) is 1. The van der Waals surface area contributed by atoms with E-state index in [1.165, 1.54) is 11.1 Å². The molecule has 0 saturated carbocycles. The average Bonchev–Trinajstić information content (AvgIpc) is 3.30. The number of benzene rings is 1. The van der Waals surface area contributed by atoms with E-state index in [-0.39, 0.29) is 11.9 Å². The van der Waals surface area contributed by atoms with E-state index in [4.69, 9.17) is 9.97 Å². The monoisotopic (exact) mass is 506 g/mol. The number of thiazole rings is 1. The maximum atomic E-state index is 11.6. The van der Waals surface area contributed by atoms with Crippen molar-refractivity contribution in [3.8, 4) is 0 Å². The molecule has 0 bridgehead atoms. The van der Waals surface area contributed by atoms with Gasteiger partial charge in [-0.25, -0.2) is 9.97 Å². The van der Waals surface area contributed by atoms with E-state index in [9.17, 15) is 9.90 Å². The number of anilines is 2. The van der Waals surface area contributed by atoms with Crippen LogP contribution in [0.1, 0.15) is 37.3 Å². The molecule has 2 unspecified atom stereocenters. The van der Waals surface area contributed by atoms with E-state index in [0.29, 0.717) is 12.6 Å². The van der Waals surface area contributed by atoms with Crippen LogP contribution in [0.5, 0.6) is 0 Å². The summed E-state index contributed by atoms with van der Waals surface area (Å²) >= 11 is 1.65. The Morgan fingerprint density at radius 1 is 1.11 bits per heavy atom. The third-order valence-corrected chi connectivity index (χ3v) is 8.98. The summed E-state index contributed by atoms with van der Waals surface area (Å²) in [5, 5.41) is 15.6. The van der Waals surface area contributed by atoms with Crippen LogP contribution in [0.3, 0.4) is 0 Å². The van der Waals surface area contributed by atoms with Crippen LogP contribution in [-0.2, 0) is 17.8 Å². The maximum absolute atomic E-state index is 11.6. The molecule has 6 rings (SSSR count). The van der Waals surface area contributed by atoms with Crippen LogP contribution in [0.4, 0.5) is 10.9 Å². The molecule has 0 radical (unpaired) electrons. The van der Waals surface area contributed by atoms with E-state index in [1.54, 1.807) is 18.3 Å². The Labute approximate surface area is 215 Å². The lowest BCUT2D eigenvalue weighted by atomic mass is 9.94. The molecule has 8 nitrogen and oxygen atoms in total. The fraction of sp³-hybridized carbons (Fsp3) is 0.519. The predicted molar refractivity (Wildman–Crippen MR) is 143 cm³/mol. The minimum Gasteiger partial charge on any atom is -0.390 e. The molecule has 2 N–H and O–H groups in total. The normalized spacial score (nSPS) is 23.6. The lowest BCUT2D eigenvalue weighted by molar-refractivity contribution is -0.129. The Kier molecular flexibility index (Phi) is 6.54. The molecule has 2 saturated heterocycles. The number of carbonyl (C=O) groups excluding carboxylic acids is 1. The molecular weight excluding hydrogens is 472 g/mol. The molecular formula is C27H34N6O2S. The Balaban J connectivity index is 1.08. The second-order valence-electron chi connectivity index (χ2n) is 10.3. The summed E-state index contributed by atoms with van der Waals surface area (Å²) in [7, 11) is 0. The third-order valence-electron chi connectivity index (χ3n) is 8.03. The minimum atomic E-state index is -0.402. The zero-order chi connectivity index (χ0) is 24.6. The summed E-state index contributed by atoms with van der Waals surface area (Å²) in [6.07, 6.45) is 5.31. The Morgan fingerprint density at radius 2 is 1.92 bits per heavy atom. The van der Waals surface area contributed by atoms with Gasteiger partial charge in [-0.15, -0.1) is 0 Å². The van der Waals surface area contributed by atoms with E-state index < -0.39 is 6.10 Å². The lowest BCUT2D eigenvalue weighted by Gasteiger charge is -2.43. The summed E-state index contributed by atoms with van der Waals surface area (Å²) in [5.41, 5.74) is 3.73. The number of fused-ring (bicyclic) bond motifs is 2. The fourth-order valence-corrected chi connectivity index (χ4v) is 6.87. The molecule has 36 heavy (non-hydrogen) atoms. The highest BCUT2D eigenvalue weighted by Gasteiger charge is 2.34. The van der Waals surface area contributed by atoms with Gasteiger partial charge in [0.15, 0.2) is 5.13 Å². The smallest absolute Gasteiger partial charge is 0.219 e. The summed E-state index contributed by atoms with van der Waals surface area (Å²) in [6.45, 7) is 6.65. The van der Waals surface area contributed by atoms with Gasteiger partial charge in [-0.1, -0.05) is 35.6 Å². The van der Waals surface area contributed by atoms with Gasteiger partial charge in [0.1, 0.15) is 11.3 Å². The van der Waals surface area contributed by atoms with Crippen LogP contribution in [0, 0.1) is 0 Å². The Bertz CT molecular complexity index is 1240. The van der Waals surface area contributed by atoms with Crippen LogP contribution in [0.15, 0.2) is 36.5 Å². The van der Waals surface area contributed by atoms with Crippen molar-refractivity contribution in [1.82, 2.24) is 19.8 Å². The van der Waals surface area contributed by atoms with Gasteiger partial charge in [0.25, 0.3) is 0 Å². The number of aliphatic hydroxyl groups is 1. The molecule has 2 fully saturated rings. The molecule has 3 aliphatic heterocycles. The molecule has 9 heteroatoms. The first kappa shape index (κ1) is 23.6. The summed E-state index contributed by atoms with van der Waals surface area (Å²) < 4.78 is 1.10. The molecule has 2 aromatic heterocycles. The first-order chi connectivity index (χ1) is 17.5. The number of amides is 1. The number of hydrogen-bond acceptors (Lipinski definition) is 8. The highest BCUT2D eigenvalue weighted by molar-refractivity contribution is 7.22. The van der Waals surface area contributed by atoms with E-state index >= 15 is 0 Å². The van der Waals surface area contributed by atoms with Gasteiger partial charge in [0, 0.05) is 64.3 Å². The second-order valence-corrected chi connectivity index (χ2v) is 11.3. The van der Waals surface area contributed by atoms with E-state index in [1.807, 2.05) is 11.1 Å². The van der Waals surface area contributed by atoms with Gasteiger partial charge < -0.3 is 20.2 Å². The molecule has 2 atom stereocenters. The largest absolute Gasteiger partial charge is 0.390 e. The second kappa shape index (κ2) is 9.95. The minimum absolute atomic E-state index is 0.155. The maximum Gasteiger partial charge on any atom is 0.219 e. The van der Waals surface area contributed by atoms with Crippen molar-refractivity contribution >= 4 is 38.4 Å². The fourth-order valence-electron chi connectivity index (χ4n) is 5.92. The van der Waals surface area contributed by atoms with E-state index in [2.05, 4.69) is 45.4 Å². The zero-order valence-corrected chi connectivity index (χ0v) is 21.6. The van der Waals surface area contributed by atoms with Gasteiger partial charge in [-0.05, 0) is 36.8 Å². The van der Waals surface area contributed by atoms with Crippen molar-refractivity contribution in [2.75, 3.05) is 42.9 Å². The van der Waals surface area contributed by atoms with Crippen LogP contribution in [-0.4, -0.2) is 81.7 Å². The number of nitrogens with zero attached hydrogens (tertiary/aromatic N) is 5. The van der Waals surface area contributed by atoms with Crippen LogP contribution >= 0.6 is 11.3 Å². The Morgan fingerprint density at radius 3 is 2.69 bits per heavy atom. The van der Waals surface area contributed by atoms with Crippen molar-refractivity contribution in [3.63, 3.8) is 0 Å². The SMILES string of the molecule is CC(=O)N1CCC(Nc2nc3cnc(N4CCC(N5CCc6ccccc6C5)C(O)C4)cc3s2)CC1. The molecule has 1 aromatic carbocycles. The Hall–Kier alpha value is -2.75. The van der Waals surface area contributed by atoms with Crippen molar-refractivity contribution in [1.29, 1.82) is 0 Å². The number of rotatable bonds is 4. The topological polar surface area (TPSA) is 84.8 Å². The summed E-state index contributed by atoms with van der Waals surface area (Å²) in [6, 6.07) is 11.3. The first-order valence-electron chi connectivity index (χ1n) is 13.1. The van der Waals surface area contributed by atoms with Crippen LogP contribution in [0.2, 0.25) is 0 Å². The molecule has 190 valence electrons. The van der Waals surface area contributed by atoms with Crippen LogP contribution in [0.25, 0.3) is 10.2 Å². The quantitative estimate of drug-likeness (QED) is 0.563. The highest BCUT2D eigenvalue weighted by atomic mass is 32.1. The van der Waals surface area contributed by atoms with Crippen molar-refractivity contribution in [2.45, 2.75) is 57.3 Å². The standard InChI is InChI=1S/C27H34N6O2S/c1-18(34)31-11-7-21(8-12-31)29-27-30-22-15-28-26(14-25(22)36-27)33-13-9-23(24(35)17-33)32-10-6-19-4-2-3-5-20(19)16-32/h2-5,14-15,21,23-24,35H,6-13,16-17H2,1H3,(H,29,30). The number of piperidine rings is 2. The number of aromatic nitrogens is 2. The number of β-amino-alcohol motifs (C(OH)–C–C–N with tert-alkyl or cyclic N) is 1. The number of hydrogen-bond donors (Lipinski definition) is 2. The molecule has 3 aliphatic rings. The molecule has 5 heterocycles. The van der Waals surface area contributed by atoms with Crippen molar-refractivity contribution < 1.29 is 9.90 Å². The van der Waals surface area contributed by atoms with Gasteiger partial charge in [-0.2, -0.15) is 0 Å². The molecule has 0 spiro atoms. The number of carbonyl (C=O) groups is 1. The molecule has 0 aliphatic carbocycles. The van der Waals surface area contributed by atoms with Gasteiger partial charge in [0.05, 0.1) is 17.0 Å². The predicted octanol–water partition coefficient (Wildman–Crippen LogP) is 3.11. The van der Waals surface area contributed by atoms with E-state index in [0.717, 1.165) is 79.6 Å². The highest BCUT2D eigenvalue weighted by Crippen LogP contribution is 2.32. The van der Waals surface area contributed by atoms with Crippen LogP contribution < -0.4 is 10.2 Å². The van der Waals surface area contributed by atoms with Crippen molar-refractivity contribution in [2.24, 2.45) is 0 Å². The molecule has 1 amide bonds. The van der Waals surface area contributed by atoms with Gasteiger partial charge in [0.2, 0.25) is 5.91 Å². The molecule has 3 aromatic rings. The lowest BCUT2D eigenvalue weighted by Crippen LogP contribution is -2.55. The third kappa shape index (κ3) is 4.79. The zero-order valence-electron chi connectivity index (χ0n) is 20.8. The van der Waals surface area contributed by atoms with Gasteiger partial charge in [-0.3, -0.25) is 9.69 Å². The van der Waals surface area contributed by atoms with Gasteiger partial charge >= 0.3 is 0 Å². The summed E-state index contributed by atoms with van der Waals surface area (Å²) in [4.78, 5) is 27.6. The summed E-state index contributed by atoms with van der Waals surface area (Å²) in [5.74, 6) is 1.07. The first-order valence-corrected chi connectivity index (χ1v) is 13.9. The number of nitrogens with one attached hydrogen (secondary N) is 1.